The van der Waals surface area contributed by atoms with Gasteiger partial charge in [0, 0.05) is 0 Å². The van der Waals surface area contributed by atoms with Gasteiger partial charge in [-0.3, -0.25) is 0 Å². The van der Waals surface area contributed by atoms with Gasteiger partial charge in [0.25, 0.3) is 0 Å². The smallest absolute Gasteiger partial charge is 0.334 e. The normalized spacial score (nSPS) is 13.2. The molecule has 0 spiro atoms. The van der Waals surface area contributed by atoms with Crippen LogP contribution in [0.25, 0.3) is 0 Å². The summed E-state index contributed by atoms with van der Waals surface area (Å²) in [5.74, 6) is 0.132. The second-order valence-electron chi connectivity index (χ2n) is 2.89. The van der Waals surface area contributed by atoms with Crippen LogP contribution in [-0.2, 0) is 14.3 Å². The molecule has 1 unspecified atom stereocenters. The van der Waals surface area contributed by atoms with Crippen LogP contribution < -0.4 is 0 Å². The van der Waals surface area contributed by atoms with Crippen LogP contribution in [0.3, 0.4) is 0 Å². The Kier molecular flexibility index (Phi) is 4.86. The molecule has 0 aliphatic heterocycles. The van der Waals surface area contributed by atoms with Gasteiger partial charge in [0.1, 0.15) is 0 Å². The maximum atomic E-state index is 10.8. The molecule has 0 saturated carbocycles. The number of rotatable bonds is 4. The molecule has 0 aliphatic carbocycles. The molecule has 0 radical (unpaired) electrons. The zero-order valence-corrected chi connectivity index (χ0v) is 7.59. The van der Waals surface area contributed by atoms with E-state index in [1.807, 2.05) is 13.8 Å². The number of carbonyl (C=O) groups is 1. The molecule has 0 aromatic rings. The van der Waals surface area contributed by atoms with Crippen LogP contribution in [0.15, 0.2) is 0 Å². The standard InChI is InChI=1S/C8H16O3/c1-6(2)5-11-7(3)8(9)10-4/h6-7H,5H2,1-4H3. The van der Waals surface area contributed by atoms with E-state index >= 15 is 0 Å². The van der Waals surface area contributed by atoms with Crippen LogP contribution in [0, 0.1) is 5.92 Å². The van der Waals surface area contributed by atoms with E-state index in [4.69, 9.17) is 4.74 Å². The highest BCUT2D eigenvalue weighted by atomic mass is 16.6. The first-order valence-corrected chi connectivity index (χ1v) is 3.77. The van der Waals surface area contributed by atoms with E-state index in [-0.39, 0.29) is 5.97 Å². The lowest BCUT2D eigenvalue weighted by molar-refractivity contribution is -0.153. The van der Waals surface area contributed by atoms with Crippen molar-refractivity contribution in [3.05, 3.63) is 0 Å². The van der Waals surface area contributed by atoms with Crippen LogP contribution in [-0.4, -0.2) is 25.8 Å². The van der Waals surface area contributed by atoms with Gasteiger partial charge in [-0.2, -0.15) is 0 Å². The first-order chi connectivity index (χ1) is 5.07. The summed E-state index contributed by atoms with van der Waals surface area (Å²) in [7, 11) is 1.36. The molecule has 0 N–H and O–H groups in total. The molecule has 66 valence electrons. The van der Waals surface area contributed by atoms with Crippen molar-refractivity contribution in [1.82, 2.24) is 0 Å². The highest BCUT2D eigenvalue weighted by Gasteiger charge is 2.13. The molecule has 0 fully saturated rings. The van der Waals surface area contributed by atoms with E-state index in [1.165, 1.54) is 7.11 Å². The number of hydrogen-bond donors (Lipinski definition) is 0. The van der Waals surface area contributed by atoms with Crippen molar-refractivity contribution < 1.29 is 14.3 Å². The van der Waals surface area contributed by atoms with E-state index in [2.05, 4.69) is 4.74 Å². The SMILES string of the molecule is COC(=O)C(C)OCC(C)C. The van der Waals surface area contributed by atoms with Crippen LogP contribution in [0.5, 0.6) is 0 Å². The van der Waals surface area contributed by atoms with Gasteiger partial charge in [-0.15, -0.1) is 0 Å². The molecule has 0 aliphatic rings. The fraction of sp³-hybridized carbons (Fsp3) is 0.875. The summed E-state index contributed by atoms with van der Waals surface area (Å²) < 4.78 is 9.66. The summed E-state index contributed by atoms with van der Waals surface area (Å²) in [4.78, 5) is 10.8. The van der Waals surface area contributed by atoms with Crippen LogP contribution in [0.2, 0.25) is 0 Å². The van der Waals surface area contributed by atoms with Gasteiger partial charge in [0.2, 0.25) is 0 Å². The molecule has 1 atom stereocenters. The Bertz CT molecular complexity index is 121. The zero-order valence-electron chi connectivity index (χ0n) is 7.59. The Morgan fingerprint density at radius 1 is 1.36 bits per heavy atom. The fourth-order valence-electron chi connectivity index (χ4n) is 0.571. The van der Waals surface area contributed by atoms with E-state index in [9.17, 15) is 4.79 Å². The van der Waals surface area contributed by atoms with Gasteiger partial charge in [-0.1, -0.05) is 13.8 Å². The van der Waals surface area contributed by atoms with Crippen molar-refractivity contribution in [2.45, 2.75) is 26.9 Å². The third-order valence-electron chi connectivity index (χ3n) is 1.21. The van der Waals surface area contributed by atoms with Gasteiger partial charge in [-0.25, -0.2) is 4.79 Å². The Labute approximate surface area is 67.7 Å². The lowest BCUT2D eigenvalue weighted by atomic mass is 10.2. The molecule has 11 heavy (non-hydrogen) atoms. The van der Waals surface area contributed by atoms with E-state index in [1.54, 1.807) is 6.92 Å². The van der Waals surface area contributed by atoms with Crippen LogP contribution >= 0.6 is 0 Å². The Hall–Kier alpha value is -0.570. The number of carbonyl (C=O) groups excluding carboxylic acids is 1. The molecule has 0 heterocycles. The van der Waals surface area contributed by atoms with E-state index < -0.39 is 6.10 Å². The lowest BCUT2D eigenvalue weighted by Crippen LogP contribution is -2.23. The summed E-state index contributed by atoms with van der Waals surface area (Å²) in [5, 5.41) is 0. The maximum absolute atomic E-state index is 10.8. The second-order valence-corrected chi connectivity index (χ2v) is 2.89. The molecule has 0 rings (SSSR count). The van der Waals surface area contributed by atoms with Crippen LogP contribution in [0.1, 0.15) is 20.8 Å². The molecule has 0 amide bonds. The Morgan fingerprint density at radius 3 is 2.27 bits per heavy atom. The van der Waals surface area contributed by atoms with Crippen molar-refractivity contribution in [3.63, 3.8) is 0 Å². The minimum atomic E-state index is -0.442. The zero-order chi connectivity index (χ0) is 8.85. The largest absolute Gasteiger partial charge is 0.467 e. The van der Waals surface area contributed by atoms with E-state index in [0.717, 1.165) is 0 Å². The van der Waals surface area contributed by atoms with Gasteiger partial charge in [0.15, 0.2) is 6.10 Å². The molecule has 0 aromatic heterocycles. The Balaban J connectivity index is 3.52. The summed E-state index contributed by atoms with van der Waals surface area (Å²) >= 11 is 0. The molecule has 3 heteroatoms. The molecule has 0 aromatic carbocycles. The maximum Gasteiger partial charge on any atom is 0.334 e. The third-order valence-corrected chi connectivity index (χ3v) is 1.21. The van der Waals surface area contributed by atoms with Crippen molar-refractivity contribution in [1.29, 1.82) is 0 Å². The average molecular weight is 160 g/mol. The fourth-order valence-corrected chi connectivity index (χ4v) is 0.571. The Morgan fingerprint density at radius 2 is 1.91 bits per heavy atom. The van der Waals surface area contributed by atoms with Crippen molar-refractivity contribution in [2.24, 2.45) is 5.92 Å². The molecular weight excluding hydrogens is 144 g/mol. The number of hydrogen-bond acceptors (Lipinski definition) is 3. The quantitative estimate of drug-likeness (QED) is 0.580. The summed E-state index contributed by atoms with van der Waals surface area (Å²) in [6.45, 7) is 6.35. The van der Waals surface area contributed by atoms with Gasteiger partial charge < -0.3 is 9.47 Å². The van der Waals surface area contributed by atoms with E-state index in [0.29, 0.717) is 12.5 Å². The number of ether oxygens (including phenoxy) is 2. The highest BCUT2D eigenvalue weighted by molar-refractivity contribution is 5.73. The highest BCUT2D eigenvalue weighted by Crippen LogP contribution is 1.98. The first-order valence-electron chi connectivity index (χ1n) is 3.77. The van der Waals surface area contributed by atoms with Crippen LogP contribution in [0.4, 0.5) is 0 Å². The summed E-state index contributed by atoms with van der Waals surface area (Å²) in [6, 6.07) is 0. The van der Waals surface area contributed by atoms with Gasteiger partial charge in [-0.05, 0) is 12.8 Å². The average Bonchev–Trinajstić information content (AvgIpc) is 1.98. The molecular formula is C8H16O3. The van der Waals surface area contributed by atoms with Crippen molar-refractivity contribution in [2.75, 3.05) is 13.7 Å². The summed E-state index contributed by atoms with van der Waals surface area (Å²) in [6.07, 6.45) is -0.442. The monoisotopic (exact) mass is 160 g/mol. The predicted molar refractivity (Wildman–Crippen MR) is 42.3 cm³/mol. The van der Waals surface area contributed by atoms with Crippen molar-refractivity contribution >= 4 is 5.97 Å². The molecule has 0 bridgehead atoms. The lowest BCUT2D eigenvalue weighted by Gasteiger charge is -2.11. The number of esters is 1. The minimum absolute atomic E-state index is 0.314. The van der Waals surface area contributed by atoms with Gasteiger partial charge >= 0.3 is 5.97 Å². The third kappa shape index (κ3) is 4.79. The first kappa shape index (κ1) is 10.4. The predicted octanol–water partition coefficient (Wildman–Crippen LogP) is 1.22. The van der Waals surface area contributed by atoms with Gasteiger partial charge in [0.05, 0.1) is 13.7 Å². The molecule has 3 nitrogen and oxygen atoms in total. The second kappa shape index (κ2) is 5.13. The van der Waals surface area contributed by atoms with Crippen molar-refractivity contribution in [3.8, 4) is 0 Å². The number of methoxy groups -OCH3 is 1. The summed E-state index contributed by atoms with van der Waals surface area (Å²) in [5.41, 5.74) is 0. The minimum Gasteiger partial charge on any atom is -0.467 e. The molecule has 0 saturated heterocycles. The topological polar surface area (TPSA) is 35.5 Å².